The predicted molar refractivity (Wildman–Crippen MR) is 60.7 cm³/mol. The van der Waals surface area contributed by atoms with Gasteiger partial charge in [-0.25, -0.2) is 0 Å². The first-order valence-electron chi connectivity index (χ1n) is 4.97. The van der Waals surface area contributed by atoms with Gasteiger partial charge in [-0.15, -0.1) is 0 Å². The summed E-state index contributed by atoms with van der Waals surface area (Å²) in [7, 11) is 0. The summed E-state index contributed by atoms with van der Waals surface area (Å²) in [6.07, 6.45) is 0.640. The van der Waals surface area contributed by atoms with Crippen molar-refractivity contribution in [3.8, 4) is 17.1 Å². The van der Waals surface area contributed by atoms with Gasteiger partial charge in [0.15, 0.2) is 12.0 Å². The van der Waals surface area contributed by atoms with Gasteiger partial charge in [0.05, 0.1) is 5.56 Å². The zero-order valence-electron chi connectivity index (χ0n) is 9.15. The Balaban J connectivity index is 2.55. The average Bonchev–Trinajstić information content (AvgIpc) is 2.71. The third-order valence-electron chi connectivity index (χ3n) is 2.62. The van der Waals surface area contributed by atoms with Gasteiger partial charge in [0.2, 0.25) is 0 Å². The van der Waals surface area contributed by atoms with E-state index in [4.69, 9.17) is 4.42 Å². The van der Waals surface area contributed by atoms with E-state index in [2.05, 4.69) is 0 Å². The molecule has 1 aromatic heterocycles. The van der Waals surface area contributed by atoms with Gasteiger partial charge in [0.25, 0.3) is 0 Å². The Labute approximate surface area is 93.3 Å². The molecule has 1 N–H and O–H groups in total. The minimum Gasteiger partial charge on any atom is -0.507 e. The number of carbonyl (C=O) groups excluding carboxylic acids is 1. The van der Waals surface area contributed by atoms with Crippen LogP contribution in [0.2, 0.25) is 0 Å². The number of hydrogen-bond donors (Lipinski definition) is 1. The molecule has 1 heterocycles. The van der Waals surface area contributed by atoms with Gasteiger partial charge >= 0.3 is 0 Å². The Morgan fingerprint density at radius 3 is 2.50 bits per heavy atom. The number of phenols is 1. The molecule has 1 aromatic carbocycles. The first-order valence-corrected chi connectivity index (χ1v) is 4.97. The van der Waals surface area contributed by atoms with Gasteiger partial charge < -0.3 is 9.52 Å². The highest BCUT2D eigenvalue weighted by molar-refractivity contribution is 5.74. The summed E-state index contributed by atoms with van der Waals surface area (Å²) in [6.45, 7) is 3.89. The highest BCUT2D eigenvalue weighted by Crippen LogP contribution is 2.32. The molecule has 0 aliphatic carbocycles. The number of aryl methyl sites for hydroxylation is 2. The summed E-state index contributed by atoms with van der Waals surface area (Å²) >= 11 is 0. The third-order valence-corrected chi connectivity index (χ3v) is 2.62. The largest absolute Gasteiger partial charge is 0.507 e. The summed E-state index contributed by atoms with van der Waals surface area (Å²) in [4.78, 5) is 10.5. The molecule has 2 aromatic rings. The molecule has 82 valence electrons. The first kappa shape index (κ1) is 10.5. The first-order chi connectivity index (χ1) is 7.61. The van der Waals surface area contributed by atoms with Gasteiger partial charge in [0, 0.05) is 0 Å². The smallest absolute Gasteiger partial charge is 0.185 e. The Morgan fingerprint density at radius 1 is 1.19 bits per heavy atom. The molecule has 0 radical (unpaired) electrons. The lowest BCUT2D eigenvalue weighted by atomic mass is 10.0. The van der Waals surface area contributed by atoms with E-state index in [-0.39, 0.29) is 11.5 Å². The van der Waals surface area contributed by atoms with Gasteiger partial charge in [0.1, 0.15) is 11.5 Å². The lowest BCUT2D eigenvalue weighted by Gasteiger charge is -2.05. The fourth-order valence-electron chi connectivity index (χ4n) is 1.56. The topological polar surface area (TPSA) is 50.4 Å². The third kappa shape index (κ3) is 1.72. The second kappa shape index (κ2) is 3.85. The molecule has 0 atom stereocenters. The average molecular weight is 216 g/mol. The molecule has 0 saturated carbocycles. The normalized spacial score (nSPS) is 10.4. The van der Waals surface area contributed by atoms with Crippen molar-refractivity contribution in [1.29, 1.82) is 0 Å². The SMILES string of the molecule is Cc1cc(O)c(-c2ccc(C=O)o2)cc1C. The molecule has 2 rings (SSSR count). The molecule has 0 saturated heterocycles. The number of phenolic OH excluding ortho intramolecular Hbond substituents is 1. The van der Waals surface area contributed by atoms with E-state index in [1.807, 2.05) is 19.9 Å². The molecule has 0 fully saturated rings. The molecule has 16 heavy (non-hydrogen) atoms. The van der Waals surface area contributed by atoms with Crippen LogP contribution in [-0.4, -0.2) is 11.4 Å². The lowest BCUT2D eigenvalue weighted by molar-refractivity contribution is 0.110. The van der Waals surface area contributed by atoms with Crippen LogP contribution in [0.4, 0.5) is 0 Å². The fraction of sp³-hybridized carbons (Fsp3) is 0.154. The van der Waals surface area contributed by atoms with E-state index in [0.717, 1.165) is 11.1 Å². The molecule has 3 heteroatoms. The van der Waals surface area contributed by atoms with E-state index >= 15 is 0 Å². The lowest BCUT2D eigenvalue weighted by Crippen LogP contribution is -1.84. The number of benzene rings is 1. The van der Waals surface area contributed by atoms with E-state index in [1.165, 1.54) is 0 Å². The van der Waals surface area contributed by atoms with Crippen LogP contribution in [0.5, 0.6) is 5.75 Å². The fourth-order valence-corrected chi connectivity index (χ4v) is 1.56. The zero-order valence-corrected chi connectivity index (χ0v) is 9.15. The number of carbonyl (C=O) groups is 1. The highest BCUT2D eigenvalue weighted by atomic mass is 16.3. The number of aromatic hydroxyl groups is 1. The van der Waals surface area contributed by atoms with Crippen molar-refractivity contribution in [2.75, 3.05) is 0 Å². The van der Waals surface area contributed by atoms with E-state index in [1.54, 1.807) is 18.2 Å². The molecule has 0 amide bonds. The predicted octanol–water partition coefficient (Wildman–Crippen LogP) is 3.08. The molecule has 0 aliphatic rings. The van der Waals surface area contributed by atoms with Crippen LogP contribution in [0.15, 0.2) is 28.7 Å². The zero-order chi connectivity index (χ0) is 11.7. The summed E-state index contributed by atoms with van der Waals surface area (Å²) in [5, 5.41) is 9.80. The summed E-state index contributed by atoms with van der Waals surface area (Å²) in [5.74, 6) is 0.922. The van der Waals surface area contributed by atoms with Crippen molar-refractivity contribution in [3.05, 3.63) is 41.2 Å². The maximum absolute atomic E-state index is 10.5. The van der Waals surface area contributed by atoms with Crippen LogP contribution < -0.4 is 0 Å². The second-order valence-corrected chi connectivity index (χ2v) is 3.77. The van der Waals surface area contributed by atoms with Gasteiger partial charge in [-0.05, 0) is 49.2 Å². The van der Waals surface area contributed by atoms with Crippen LogP contribution in [0.1, 0.15) is 21.7 Å². The monoisotopic (exact) mass is 216 g/mol. The molecule has 3 nitrogen and oxygen atoms in total. The molecule has 0 aliphatic heterocycles. The number of hydrogen-bond acceptors (Lipinski definition) is 3. The van der Waals surface area contributed by atoms with Crippen LogP contribution in [0.3, 0.4) is 0 Å². The Bertz CT molecular complexity index is 538. The molecule has 0 spiro atoms. The van der Waals surface area contributed by atoms with Crippen molar-refractivity contribution < 1.29 is 14.3 Å². The summed E-state index contributed by atoms with van der Waals surface area (Å²) in [5.41, 5.74) is 2.69. The highest BCUT2D eigenvalue weighted by Gasteiger charge is 2.10. The maximum atomic E-state index is 10.5. The Hall–Kier alpha value is -2.03. The number of furan rings is 1. The van der Waals surface area contributed by atoms with Gasteiger partial charge in [-0.1, -0.05) is 0 Å². The number of aldehydes is 1. The van der Waals surface area contributed by atoms with Crippen LogP contribution >= 0.6 is 0 Å². The van der Waals surface area contributed by atoms with Crippen LogP contribution in [0, 0.1) is 13.8 Å². The van der Waals surface area contributed by atoms with E-state index < -0.39 is 0 Å². The van der Waals surface area contributed by atoms with E-state index in [9.17, 15) is 9.90 Å². The maximum Gasteiger partial charge on any atom is 0.185 e. The molecular weight excluding hydrogens is 204 g/mol. The van der Waals surface area contributed by atoms with Crippen LogP contribution in [0.25, 0.3) is 11.3 Å². The minimum atomic E-state index is 0.162. The quantitative estimate of drug-likeness (QED) is 0.785. The minimum absolute atomic E-state index is 0.162. The summed E-state index contributed by atoms with van der Waals surface area (Å²) < 4.78 is 5.27. The Morgan fingerprint density at radius 2 is 1.88 bits per heavy atom. The van der Waals surface area contributed by atoms with Gasteiger partial charge in [-0.2, -0.15) is 0 Å². The van der Waals surface area contributed by atoms with Crippen molar-refractivity contribution in [3.63, 3.8) is 0 Å². The van der Waals surface area contributed by atoms with Crippen molar-refractivity contribution in [2.24, 2.45) is 0 Å². The van der Waals surface area contributed by atoms with Gasteiger partial charge in [-0.3, -0.25) is 4.79 Å². The Kier molecular flexibility index (Phi) is 2.52. The molecular formula is C13H12O3. The number of rotatable bonds is 2. The standard InChI is InChI=1S/C13H12O3/c1-8-5-11(12(15)6-9(8)2)13-4-3-10(7-14)16-13/h3-7,15H,1-2H3. The van der Waals surface area contributed by atoms with Crippen molar-refractivity contribution >= 4 is 6.29 Å². The van der Waals surface area contributed by atoms with Crippen LogP contribution in [-0.2, 0) is 0 Å². The van der Waals surface area contributed by atoms with Crippen molar-refractivity contribution in [2.45, 2.75) is 13.8 Å². The molecule has 0 bridgehead atoms. The second-order valence-electron chi connectivity index (χ2n) is 3.77. The van der Waals surface area contributed by atoms with Crippen molar-refractivity contribution in [1.82, 2.24) is 0 Å². The van der Waals surface area contributed by atoms with E-state index in [0.29, 0.717) is 17.6 Å². The molecule has 0 unspecified atom stereocenters. The summed E-state index contributed by atoms with van der Waals surface area (Å²) in [6, 6.07) is 6.79.